The Labute approximate surface area is 120 Å². The molecule has 0 spiro atoms. The van der Waals surface area contributed by atoms with Crippen LogP contribution in [0.25, 0.3) is 0 Å². The van der Waals surface area contributed by atoms with Gasteiger partial charge in [-0.15, -0.1) is 11.3 Å². The third-order valence-corrected chi connectivity index (χ3v) is 4.70. The van der Waals surface area contributed by atoms with Gasteiger partial charge in [0.15, 0.2) is 0 Å². The number of thiophene rings is 1. The molecule has 3 rings (SSSR count). The molecule has 2 aromatic rings. The molecule has 0 aromatic carbocycles. The Balaban J connectivity index is 1.84. The molecule has 2 nitrogen and oxygen atoms in total. The first-order valence-electron chi connectivity index (χ1n) is 6.17. The van der Waals surface area contributed by atoms with Crippen LogP contribution in [0.3, 0.4) is 0 Å². The van der Waals surface area contributed by atoms with Gasteiger partial charge in [0.2, 0.25) is 0 Å². The number of anilines is 1. The Morgan fingerprint density at radius 1 is 1.39 bits per heavy atom. The van der Waals surface area contributed by atoms with E-state index in [1.807, 2.05) is 24.3 Å². The van der Waals surface area contributed by atoms with E-state index in [-0.39, 0.29) is 0 Å². The highest BCUT2D eigenvalue weighted by Crippen LogP contribution is 2.44. The summed E-state index contributed by atoms with van der Waals surface area (Å²) >= 11 is 5.24. The molecule has 1 N–H and O–H groups in total. The fraction of sp³-hybridized carbons (Fsp3) is 0.357. The molecule has 0 saturated heterocycles. The van der Waals surface area contributed by atoms with Crippen LogP contribution < -0.4 is 5.32 Å². The van der Waals surface area contributed by atoms with Gasteiger partial charge in [-0.25, -0.2) is 4.98 Å². The molecule has 2 aromatic heterocycles. The first-order valence-corrected chi connectivity index (χ1v) is 7.84. The van der Waals surface area contributed by atoms with Crippen molar-refractivity contribution < 1.29 is 0 Å². The summed E-state index contributed by atoms with van der Waals surface area (Å²) in [7, 11) is 0. The highest BCUT2D eigenvalue weighted by Gasteiger charge is 2.33. The number of halogens is 1. The zero-order chi connectivity index (χ0) is 12.5. The summed E-state index contributed by atoms with van der Waals surface area (Å²) in [6.07, 6.45) is 2.66. The standard InChI is InChI=1S/C14H15BrN2S/c1-9-11(6-7-13(15)16-9)17-14(10-4-5-10)12-3-2-8-18-12/h2-3,6-8,10,14,17H,4-5H2,1H3. The molecule has 1 aliphatic carbocycles. The molecule has 94 valence electrons. The van der Waals surface area contributed by atoms with Gasteiger partial charge in [0.25, 0.3) is 0 Å². The SMILES string of the molecule is Cc1nc(Br)ccc1NC(c1cccs1)C1CC1. The summed E-state index contributed by atoms with van der Waals surface area (Å²) in [6, 6.07) is 8.90. The van der Waals surface area contributed by atoms with Crippen LogP contribution in [0.2, 0.25) is 0 Å². The van der Waals surface area contributed by atoms with E-state index >= 15 is 0 Å². The van der Waals surface area contributed by atoms with Crippen LogP contribution in [0.15, 0.2) is 34.2 Å². The number of nitrogens with one attached hydrogen (secondary N) is 1. The number of aromatic nitrogens is 1. The molecule has 1 saturated carbocycles. The Morgan fingerprint density at radius 2 is 2.22 bits per heavy atom. The van der Waals surface area contributed by atoms with Crippen LogP contribution in [-0.4, -0.2) is 4.98 Å². The minimum absolute atomic E-state index is 0.451. The summed E-state index contributed by atoms with van der Waals surface area (Å²) in [5, 5.41) is 5.82. The average Bonchev–Trinajstić information content (AvgIpc) is 3.03. The Morgan fingerprint density at radius 3 is 2.83 bits per heavy atom. The van der Waals surface area contributed by atoms with Crippen LogP contribution in [0.1, 0.15) is 29.5 Å². The minimum Gasteiger partial charge on any atom is -0.376 e. The maximum Gasteiger partial charge on any atom is 0.106 e. The van der Waals surface area contributed by atoms with Gasteiger partial charge in [-0.1, -0.05) is 6.07 Å². The summed E-state index contributed by atoms with van der Waals surface area (Å²) in [4.78, 5) is 5.88. The quantitative estimate of drug-likeness (QED) is 0.819. The molecule has 0 radical (unpaired) electrons. The Bertz CT molecular complexity index is 535. The van der Waals surface area contributed by atoms with Gasteiger partial charge in [0, 0.05) is 4.88 Å². The molecule has 1 aliphatic rings. The van der Waals surface area contributed by atoms with Crippen molar-refractivity contribution in [1.29, 1.82) is 0 Å². The fourth-order valence-corrected chi connectivity index (χ4v) is 3.44. The van der Waals surface area contributed by atoms with Crippen molar-refractivity contribution >= 4 is 33.0 Å². The van der Waals surface area contributed by atoms with Crippen LogP contribution >= 0.6 is 27.3 Å². The first-order chi connectivity index (χ1) is 8.74. The van der Waals surface area contributed by atoms with Crippen molar-refractivity contribution in [3.05, 3.63) is 44.8 Å². The molecular weight excluding hydrogens is 308 g/mol. The van der Waals surface area contributed by atoms with Crippen molar-refractivity contribution in [2.45, 2.75) is 25.8 Å². The van der Waals surface area contributed by atoms with E-state index in [0.717, 1.165) is 21.9 Å². The maximum absolute atomic E-state index is 4.45. The molecule has 0 aliphatic heterocycles. The number of nitrogens with zero attached hydrogens (tertiary/aromatic N) is 1. The summed E-state index contributed by atoms with van der Waals surface area (Å²) in [6.45, 7) is 2.05. The lowest BCUT2D eigenvalue weighted by atomic mass is 10.1. The van der Waals surface area contributed by atoms with Crippen molar-refractivity contribution in [1.82, 2.24) is 4.98 Å². The lowest BCUT2D eigenvalue weighted by Crippen LogP contribution is -2.12. The number of hydrogen-bond donors (Lipinski definition) is 1. The topological polar surface area (TPSA) is 24.9 Å². The van der Waals surface area contributed by atoms with E-state index in [4.69, 9.17) is 0 Å². The van der Waals surface area contributed by atoms with E-state index in [9.17, 15) is 0 Å². The van der Waals surface area contributed by atoms with Crippen molar-refractivity contribution in [3.63, 3.8) is 0 Å². The predicted molar refractivity (Wildman–Crippen MR) is 80.1 cm³/mol. The zero-order valence-corrected chi connectivity index (χ0v) is 12.6. The van der Waals surface area contributed by atoms with Crippen molar-refractivity contribution in [2.75, 3.05) is 5.32 Å². The lowest BCUT2D eigenvalue weighted by molar-refractivity contribution is 0.689. The van der Waals surface area contributed by atoms with Gasteiger partial charge in [0.1, 0.15) is 4.60 Å². The predicted octanol–water partition coefficient (Wildman–Crippen LogP) is 4.78. The molecule has 2 heterocycles. The van der Waals surface area contributed by atoms with Gasteiger partial charge in [-0.3, -0.25) is 0 Å². The second kappa shape index (κ2) is 5.02. The van der Waals surface area contributed by atoms with E-state index < -0.39 is 0 Å². The minimum atomic E-state index is 0.451. The second-order valence-electron chi connectivity index (χ2n) is 4.74. The third kappa shape index (κ3) is 2.59. The maximum atomic E-state index is 4.45. The molecule has 1 unspecified atom stereocenters. The Kier molecular flexibility index (Phi) is 3.39. The average molecular weight is 323 g/mol. The van der Waals surface area contributed by atoms with Gasteiger partial charge in [-0.2, -0.15) is 0 Å². The number of hydrogen-bond acceptors (Lipinski definition) is 3. The summed E-state index contributed by atoms with van der Waals surface area (Å²) in [5.41, 5.74) is 2.19. The number of aryl methyl sites for hydroxylation is 1. The van der Waals surface area contributed by atoms with Gasteiger partial charge >= 0.3 is 0 Å². The first kappa shape index (κ1) is 12.2. The third-order valence-electron chi connectivity index (χ3n) is 3.31. The van der Waals surface area contributed by atoms with Gasteiger partial charge in [0.05, 0.1) is 17.4 Å². The zero-order valence-electron chi connectivity index (χ0n) is 10.2. The molecule has 18 heavy (non-hydrogen) atoms. The molecular formula is C14H15BrN2S. The molecule has 0 bridgehead atoms. The summed E-state index contributed by atoms with van der Waals surface area (Å²) < 4.78 is 0.893. The van der Waals surface area contributed by atoms with E-state index in [1.54, 1.807) is 0 Å². The van der Waals surface area contributed by atoms with Crippen LogP contribution in [0, 0.1) is 12.8 Å². The van der Waals surface area contributed by atoms with Gasteiger partial charge < -0.3 is 5.32 Å². The monoisotopic (exact) mass is 322 g/mol. The van der Waals surface area contributed by atoms with Crippen LogP contribution in [0.4, 0.5) is 5.69 Å². The largest absolute Gasteiger partial charge is 0.376 e. The lowest BCUT2D eigenvalue weighted by Gasteiger charge is -2.19. The fourth-order valence-electron chi connectivity index (χ4n) is 2.17. The van der Waals surface area contributed by atoms with Crippen molar-refractivity contribution in [2.24, 2.45) is 5.92 Å². The smallest absolute Gasteiger partial charge is 0.106 e. The molecule has 1 atom stereocenters. The van der Waals surface area contributed by atoms with E-state index in [2.05, 4.69) is 49.8 Å². The highest BCUT2D eigenvalue weighted by molar-refractivity contribution is 9.10. The van der Waals surface area contributed by atoms with E-state index in [0.29, 0.717) is 6.04 Å². The van der Waals surface area contributed by atoms with Gasteiger partial charge in [-0.05, 0) is 65.2 Å². The van der Waals surface area contributed by atoms with Crippen LogP contribution in [0.5, 0.6) is 0 Å². The normalized spacial score (nSPS) is 16.6. The van der Waals surface area contributed by atoms with E-state index in [1.165, 1.54) is 17.7 Å². The summed E-state index contributed by atoms with van der Waals surface area (Å²) in [5.74, 6) is 0.784. The highest BCUT2D eigenvalue weighted by atomic mass is 79.9. The second-order valence-corrected chi connectivity index (χ2v) is 6.53. The molecule has 4 heteroatoms. The molecule has 0 amide bonds. The molecule has 1 fully saturated rings. The van der Waals surface area contributed by atoms with Crippen molar-refractivity contribution in [3.8, 4) is 0 Å². The number of pyridine rings is 1. The van der Waals surface area contributed by atoms with Crippen LogP contribution in [-0.2, 0) is 0 Å². The number of rotatable bonds is 4. The Hall–Kier alpha value is -0.870.